The minimum absolute atomic E-state index is 0.176. The van der Waals surface area contributed by atoms with Gasteiger partial charge in [-0.3, -0.25) is 9.78 Å². The van der Waals surface area contributed by atoms with Gasteiger partial charge < -0.3 is 14.5 Å². The molecule has 3 heterocycles. The molecule has 2 aromatic rings. The van der Waals surface area contributed by atoms with E-state index < -0.39 is 0 Å². The Morgan fingerprint density at radius 3 is 2.88 bits per heavy atom. The number of rotatable bonds is 2. The number of pyridine rings is 1. The summed E-state index contributed by atoms with van der Waals surface area (Å²) in [4.78, 5) is 21.7. The topological polar surface area (TPSA) is 45.7 Å². The maximum atomic E-state index is 12.6. The average Bonchev–Trinajstić information content (AvgIpc) is 3.05. The molecule has 1 amide bonds. The summed E-state index contributed by atoms with van der Waals surface area (Å²) in [6.45, 7) is 6.15. The summed E-state index contributed by atoms with van der Waals surface area (Å²) >= 11 is 0. The predicted octanol–water partition coefficient (Wildman–Crippen LogP) is 2.76. The molecule has 2 aliphatic heterocycles. The molecule has 1 aromatic carbocycles. The van der Waals surface area contributed by atoms with Crippen molar-refractivity contribution >= 4 is 22.5 Å². The number of carbonyl (C=O) groups is 1. The number of amides is 1. The Balaban J connectivity index is 1.54. The van der Waals surface area contributed by atoms with Crippen molar-refractivity contribution in [1.29, 1.82) is 0 Å². The van der Waals surface area contributed by atoms with Crippen molar-refractivity contribution in [2.24, 2.45) is 0 Å². The Morgan fingerprint density at radius 2 is 2.04 bits per heavy atom. The minimum Gasteiger partial charge on any atom is -0.369 e. The molecule has 2 aliphatic rings. The normalized spacial score (nSPS) is 21.6. The molecule has 0 aliphatic carbocycles. The van der Waals surface area contributed by atoms with Crippen LogP contribution in [-0.4, -0.2) is 54.7 Å². The second-order valence-corrected chi connectivity index (χ2v) is 6.97. The molecule has 0 N–H and O–H groups in total. The van der Waals surface area contributed by atoms with Crippen LogP contribution in [0.5, 0.6) is 0 Å². The molecule has 1 aromatic heterocycles. The van der Waals surface area contributed by atoms with Crippen LogP contribution in [0.3, 0.4) is 0 Å². The van der Waals surface area contributed by atoms with Gasteiger partial charge in [0, 0.05) is 49.6 Å². The van der Waals surface area contributed by atoms with Crippen molar-refractivity contribution in [3.05, 3.63) is 36.0 Å². The highest BCUT2D eigenvalue weighted by atomic mass is 16.5. The summed E-state index contributed by atoms with van der Waals surface area (Å²) < 4.78 is 5.58. The summed E-state index contributed by atoms with van der Waals surface area (Å²) in [5, 5.41) is 1.19. The average molecular weight is 339 g/mol. The van der Waals surface area contributed by atoms with Gasteiger partial charge in [-0.2, -0.15) is 0 Å². The van der Waals surface area contributed by atoms with Gasteiger partial charge in [0.15, 0.2) is 0 Å². The fraction of sp³-hybridized carbons (Fsp3) is 0.500. The van der Waals surface area contributed by atoms with Gasteiger partial charge in [0.05, 0.1) is 5.52 Å². The number of fused-ring (bicyclic) bond motifs is 1. The fourth-order valence-electron chi connectivity index (χ4n) is 3.90. The molecule has 0 saturated carbocycles. The van der Waals surface area contributed by atoms with E-state index in [1.807, 2.05) is 17.9 Å². The SMILES string of the molecule is Cc1cc(N2CCCN(C(=O)C3CCCO3)CC2)c2ccccc2n1. The third-order valence-corrected chi connectivity index (χ3v) is 5.18. The smallest absolute Gasteiger partial charge is 0.251 e. The Kier molecular flexibility index (Phi) is 4.57. The predicted molar refractivity (Wildman–Crippen MR) is 98.9 cm³/mol. The number of ether oxygens (including phenoxy) is 1. The van der Waals surface area contributed by atoms with E-state index in [-0.39, 0.29) is 12.0 Å². The van der Waals surface area contributed by atoms with Crippen molar-refractivity contribution in [1.82, 2.24) is 9.88 Å². The molecule has 5 heteroatoms. The van der Waals surface area contributed by atoms with E-state index in [0.29, 0.717) is 0 Å². The Labute approximate surface area is 148 Å². The van der Waals surface area contributed by atoms with E-state index >= 15 is 0 Å². The molecular weight excluding hydrogens is 314 g/mol. The number of aromatic nitrogens is 1. The van der Waals surface area contributed by atoms with Gasteiger partial charge in [0.2, 0.25) is 0 Å². The number of carbonyl (C=O) groups excluding carboxylic acids is 1. The van der Waals surface area contributed by atoms with E-state index in [0.717, 1.165) is 63.3 Å². The molecular formula is C20H25N3O2. The third-order valence-electron chi connectivity index (χ3n) is 5.18. The van der Waals surface area contributed by atoms with E-state index in [2.05, 4.69) is 34.1 Å². The maximum Gasteiger partial charge on any atom is 0.251 e. The lowest BCUT2D eigenvalue weighted by Crippen LogP contribution is -2.41. The summed E-state index contributed by atoms with van der Waals surface area (Å²) in [6.07, 6.45) is 2.63. The first-order chi connectivity index (χ1) is 12.2. The molecule has 5 nitrogen and oxygen atoms in total. The summed E-state index contributed by atoms with van der Waals surface area (Å²) in [5.74, 6) is 0.176. The summed E-state index contributed by atoms with van der Waals surface area (Å²) in [5.41, 5.74) is 3.30. The highest BCUT2D eigenvalue weighted by Crippen LogP contribution is 2.28. The molecule has 0 radical (unpaired) electrons. The maximum absolute atomic E-state index is 12.6. The van der Waals surface area contributed by atoms with Crippen molar-refractivity contribution in [2.45, 2.75) is 32.3 Å². The number of hydrogen-bond donors (Lipinski definition) is 0. The number of hydrogen-bond acceptors (Lipinski definition) is 4. The lowest BCUT2D eigenvalue weighted by Gasteiger charge is -2.26. The lowest BCUT2D eigenvalue weighted by molar-refractivity contribution is -0.140. The van der Waals surface area contributed by atoms with Crippen LogP contribution in [0, 0.1) is 6.92 Å². The van der Waals surface area contributed by atoms with Crippen LogP contribution in [0.25, 0.3) is 10.9 Å². The van der Waals surface area contributed by atoms with Crippen molar-refractivity contribution < 1.29 is 9.53 Å². The van der Waals surface area contributed by atoms with Gasteiger partial charge >= 0.3 is 0 Å². The molecule has 25 heavy (non-hydrogen) atoms. The van der Waals surface area contributed by atoms with Crippen LogP contribution in [0.4, 0.5) is 5.69 Å². The highest BCUT2D eigenvalue weighted by molar-refractivity contribution is 5.92. The van der Waals surface area contributed by atoms with Gasteiger partial charge in [-0.05, 0) is 38.3 Å². The molecule has 132 valence electrons. The zero-order valence-corrected chi connectivity index (χ0v) is 14.8. The number of para-hydroxylation sites is 1. The second kappa shape index (κ2) is 7.00. The molecule has 0 spiro atoms. The van der Waals surface area contributed by atoms with Gasteiger partial charge in [-0.25, -0.2) is 0 Å². The Morgan fingerprint density at radius 1 is 1.16 bits per heavy atom. The summed E-state index contributed by atoms with van der Waals surface area (Å²) in [6, 6.07) is 10.5. The van der Waals surface area contributed by atoms with Gasteiger partial charge in [-0.15, -0.1) is 0 Å². The molecule has 4 rings (SSSR count). The first-order valence-corrected chi connectivity index (χ1v) is 9.24. The quantitative estimate of drug-likeness (QED) is 0.844. The van der Waals surface area contributed by atoms with Crippen molar-refractivity contribution in [3.63, 3.8) is 0 Å². The van der Waals surface area contributed by atoms with Gasteiger partial charge in [0.25, 0.3) is 5.91 Å². The fourth-order valence-corrected chi connectivity index (χ4v) is 3.90. The minimum atomic E-state index is -0.212. The Bertz CT molecular complexity index is 771. The second-order valence-electron chi connectivity index (χ2n) is 6.97. The van der Waals surface area contributed by atoms with Crippen LogP contribution in [0.15, 0.2) is 30.3 Å². The lowest BCUT2D eigenvalue weighted by atomic mass is 10.1. The number of anilines is 1. The van der Waals surface area contributed by atoms with E-state index in [4.69, 9.17) is 4.74 Å². The number of nitrogens with zero attached hydrogens (tertiary/aromatic N) is 3. The monoisotopic (exact) mass is 339 g/mol. The van der Waals surface area contributed by atoms with E-state index in [1.54, 1.807) is 0 Å². The largest absolute Gasteiger partial charge is 0.369 e. The molecule has 0 bridgehead atoms. The first kappa shape index (κ1) is 16.3. The summed E-state index contributed by atoms with van der Waals surface area (Å²) in [7, 11) is 0. The van der Waals surface area contributed by atoms with E-state index in [9.17, 15) is 4.79 Å². The number of benzene rings is 1. The van der Waals surface area contributed by atoms with Crippen LogP contribution in [0.2, 0.25) is 0 Å². The molecule has 2 saturated heterocycles. The highest BCUT2D eigenvalue weighted by Gasteiger charge is 2.29. The standard InChI is InChI=1S/C20H25N3O2/c1-15-14-18(16-6-2-3-7-17(16)21-15)22-9-5-10-23(12-11-22)20(24)19-8-4-13-25-19/h2-3,6-7,14,19H,4-5,8-13H2,1H3. The van der Waals surface area contributed by atoms with Crippen LogP contribution < -0.4 is 4.90 Å². The van der Waals surface area contributed by atoms with Crippen LogP contribution >= 0.6 is 0 Å². The number of aryl methyl sites for hydroxylation is 1. The van der Waals surface area contributed by atoms with Gasteiger partial charge in [0.1, 0.15) is 6.10 Å². The van der Waals surface area contributed by atoms with Gasteiger partial charge in [-0.1, -0.05) is 18.2 Å². The molecule has 1 unspecified atom stereocenters. The first-order valence-electron chi connectivity index (χ1n) is 9.24. The van der Waals surface area contributed by atoms with E-state index in [1.165, 1.54) is 11.1 Å². The van der Waals surface area contributed by atoms with Crippen molar-refractivity contribution in [3.8, 4) is 0 Å². The van der Waals surface area contributed by atoms with Crippen LogP contribution in [-0.2, 0) is 9.53 Å². The molecule has 2 fully saturated rings. The zero-order chi connectivity index (χ0) is 17.2. The van der Waals surface area contributed by atoms with Crippen molar-refractivity contribution in [2.75, 3.05) is 37.7 Å². The van der Waals surface area contributed by atoms with Crippen LogP contribution in [0.1, 0.15) is 25.0 Å². The molecule has 1 atom stereocenters. The Hall–Kier alpha value is -2.14. The zero-order valence-electron chi connectivity index (χ0n) is 14.8. The third kappa shape index (κ3) is 3.33.